The predicted octanol–water partition coefficient (Wildman–Crippen LogP) is 18.3. The van der Waals surface area contributed by atoms with Gasteiger partial charge in [0.25, 0.3) is 0 Å². The summed E-state index contributed by atoms with van der Waals surface area (Å²) in [5, 5.41) is 0. The fourth-order valence-electron chi connectivity index (χ4n) is 12.0. The molecular formula is C68H58N4. The molecule has 0 fully saturated rings. The fourth-order valence-corrected chi connectivity index (χ4v) is 12.0. The van der Waals surface area contributed by atoms with Gasteiger partial charge in [-0.3, -0.25) is 0 Å². The molecular weight excluding hydrogens is 873 g/mol. The summed E-state index contributed by atoms with van der Waals surface area (Å²) in [7, 11) is 0. The van der Waals surface area contributed by atoms with Gasteiger partial charge in [-0.05, 0) is 173 Å². The highest BCUT2D eigenvalue weighted by Gasteiger charge is 2.38. The molecule has 1 aromatic heterocycles. The minimum absolute atomic E-state index is 0.0999. The molecule has 2 aliphatic rings. The molecule has 10 aromatic rings. The first-order valence-corrected chi connectivity index (χ1v) is 25.2. The molecule has 0 amide bonds. The van der Waals surface area contributed by atoms with Gasteiger partial charge in [0.1, 0.15) is 0 Å². The van der Waals surface area contributed by atoms with Gasteiger partial charge in [0.15, 0.2) is 5.82 Å². The molecule has 0 aliphatic carbocycles. The maximum atomic E-state index is 5.27. The molecule has 0 radical (unpaired) electrons. The summed E-state index contributed by atoms with van der Waals surface area (Å²) in [5.41, 5.74) is 27.0. The number of aryl methyl sites for hydroxylation is 4. The topological polar surface area (TPSA) is 32.3 Å². The Bertz CT molecular complexity index is 3360. The lowest BCUT2D eigenvalue weighted by atomic mass is 9.73. The summed E-state index contributed by atoms with van der Waals surface area (Å²) < 4.78 is 0. The van der Waals surface area contributed by atoms with E-state index < -0.39 is 0 Å². The van der Waals surface area contributed by atoms with Gasteiger partial charge in [0.2, 0.25) is 0 Å². The van der Waals surface area contributed by atoms with Crippen LogP contribution in [0.3, 0.4) is 0 Å². The summed E-state index contributed by atoms with van der Waals surface area (Å²) in [5.74, 6) is 0.710. The minimum Gasteiger partial charge on any atom is -0.310 e. The molecule has 0 atom stereocenters. The van der Waals surface area contributed by atoms with E-state index in [1.165, 1.54) is 89.5 Å². The Morgan fingerprint density at radius 1 is 0.306 bits per heavy atom. The summed E-state index contributed by atoms with van der Waals surface area (Å²) in [6, 6.07) is 75.2. The molecule has 0 saturated heterocycles. The highest BCUT2D eigenvalue weighted by molar-refractivity contribution is 5.89. The van der Waals surface area contributed by atoms with Crippen molar-refractivity contribution in [2.75, 3.05) is 9.80 Å². The van der Waals surface area contributed by atoms with Crippen LogP contribution in [0.25, 0.3) is 56.2 Å². The number of aromatic nitrogens is 2. The van der Waals surface area contributed by atoms with Crippen LogP contribution in [0.2, 0.25) is 0 Å². The molecule has 0 saturated carbocycles. The van der Waals surface area contributed by atoms with Gasteiger partial charge in [0.05, 0.1) is 34.1 Å². The Morgan fingerprint density at radius 3 is 0.944 bits per heavy atom. The minimum atomic E-state index is -0.0999. The molecule has 4 nitrogen and oxygen atoms in total. The fraction of sp³-hybridized carbons (Fsp3) is 0.147. The molecule has 72 heavy (non-hydrogen) atoms. The van der Waals surface area contributed by atoms with E-state index >= 15 is 0 Å². The maximum Gasteiger partial charge on any atom is 0.160 e. The van der Waals surface area contributed by atoms with Crippen LogP contribution in [-0.4, -0.2) is 9.97 Å². The number of fused-ring (bicyclic) bond motifs is 4. The molecule has 12 rings (SSSR count). The van der Waals surface area contributed by atoms with E-state index in [-0.39, 0.29) is 10.8 Å². The molecule has 0 spiro atoms. The standard InChI is InChI=1S/C68H58N4/c1-43-38-50(39-44(2)64(43)47-30-34-52(35-31-47)71-60-26-16-12-22-54(60)67(5,6)55-23-13-17-27-61(55)71)58-42-59(70-66(69-58)49-20-10-9-11-21-49)51-40-45(3)65(46(4)41-51)48-32-36-53(37-33-48)72-62-28-18-14-24-56(62)68(7,8)57-25-15-19-29-63(57)72/h9-42H,1-8H3. The van der Waals surface area contributed by atoms with E-state index in [2.05, 4.69) is 265 Å². The lowest BCUT2D eigenvalue weighted by Crippen LogP contribution is -2.30. The van der Waals surface area contributed by atoms with Gasteiger partial charge in [-0.2, -0.15) is 0 Å². The first kappa shape index (κ1) is 44.8. The van der Waals surface area contributed by atoms with Crippen LogP contribution in [0.1, 0.15) is 72.2 Å². The zero-order chi connectivity index (χ0) is 49.5. The van der Waals surface area contributed by atoms with Gasteiger partial charge < -0.3 is 9.80 Å². The largest absolute Gasteiger partial charge is 0.310 e. The van der Waals surface area contributed by atoms with Crippen molar-refractivity contribution in [3.05, 3.63) is 251 Å². The molecule has 3 heterocycles. The first-order chi connectivity index (χ1) is 34.9. The summed E-state index contributed by atoms with van der Waals surface area (Å²) in [6.45, 7) is 18.2. The van der Waals surface area contributed by atoms with Gasteiger partial charge in [-0.15, -0.1) is 0 Å². The molecule has 0 bridgehead atoms. The van der Waals surface area contributed by atoms with Crippen LogP contribution in [0.15, 0.2) is 206 Å². The zero-order valence-electron chi connectivity index (χ0n) is 42.4. The first-order valence-electron chi connectivity index (χ1n) is 25.2. The van der Waals surface area contributed by atoms with Crippen molar-refractivity contribution in [3.63, 3.8) is 0 Å². The third-order valence-electron chi connectivity index (χ3n) is 15.5. The van der Waals surface area contributed by atoms with Gasteiger partial charge in [-0.1, -0.05) is 155 Å². The number of hydrogen-bond acceptors (Lipinski definition) is 4. The van der Waals surface area contributed by atoms with Crippen molar-refractivity contribution in [2.45, 2.75) is 66.2 Å². The quantitative estimate of drug-likeness (QED) is 0.159. The number of benzene rings is 9. The number of nitrogens with zero attached hydrogens (tertiary/aromatic N) is 4. The molecule has 4 heteroatoms. The van der Waals surface area contributed by atoms with E-state index in [4.69, 9.17) is 9.97 Å². The van der Waals surface area contributed by atoms with Crippen LogP contribution in [-0.2, 0) is 10.8 Å². The lowest BCUT2D eigenvalue weighted by Gasteiger charge is -2.42. The van der Waals surface area contributed by atoms with Crippen LogP contribution in [0.4, 0.5) is 34.1 Å². The van der Waals surface area contributed by atoms with Crippen molar-refractivity contribution in [1.29, 1.82) is 0 Å². The van der Waals surface area contributed by atoms with Crippen molar-refractivity contribution < 1.29 is 0 Å². The Hall–Kier alpha value is -8.34. The third-order valence-corrected chi connectivity index (χ3v) is 15.5. The van der Waals surface area contributed by atoms with E-state index in [1.54, 1.807) is 0 Å². The lowest BCUT2D eigenvalue weighted by molar-refractivity contribution is 0.632. The van der Waals surface area contributed by atoms with Crippen LogP contribution in [0.5, 0.6) is 0 Å². The third kappa shape index (κ3) is 7.35. The van der Waals surface area contributed by atoms with Crippen LogP contribution >= 0.6 is 0 Å². The molecule has 9 aromatic carbocycles. The average molecular weight is 931 g/mol. The zero-order valence-corrected chi connectivity index (χ0v) is 42.4. The summed E-state index contributed by atoms with van der Waals surface area (Å²) in [4.78, 5) is 15.4. The monoisotopic (exact) mass is 930 g/mol. The van der Waals surface area contributed by atoms with Crippen molar-refractivity contribution >= 4 is 34.1 Å². The van der Waals surface area contributed by atoms with Crippen molar-refractivity contribution in [1.82, 2.24) is 9.97 Å². The van der Waals surface area contributed by atoms with Gasteiger partial charge >= 0.3 is 0 Å². The van der Waals surface area contributed by atoms with Crippen molar-refractivity contribution in [3.8, 4) is 56.2 Å². The summed E-state index contributed by atoms with van der Waals surface area (Å²) >= 11 is 0. The van der Waals surface area contributed by atoms with Gasteiger partial charge in [0, 0.05) is 38.9 Å². The Morgan fingerprint density at radius 2 is 0.611 bits per heavy atom. The smallest absolute Gasteiger partial charge is 0.160 e. The molecule has 350 valence electrons. The van der Waals surface area contributed by atoms with E-state index in [0.29, 0.717) is 5.82 Å². The van der Waals surface area contributed by atoms with E-state index in [1.807, 2.05) is 6.07 Å². The molecule has 0 N–H and O–H groups in total. The van der Waals surface area contributed by atoms with Gasteiger partial charge in [-0.25, -0.2) is 9.97 Å². The highest BCUT2D eigenvalue weighted by atomic mass is 15.2. The van der Waals surface area contributed by atoms with Crippen molar-refractivity contribution in [2.24, 2.45) is 0 Å². The molecule has 0 unspecified atom stereocenters. The van der Waals surface area contributed by atoms with Crippen LogP contribution < -0.4 is 9.80 Å². The predicted molar refractivity (Wildman–Crippen MR) is 302 cm³/mol. The number of anilines is 6. The maximum absolute atomic E-state index is 5.27. The summed E-state index contributed by atoms with van der Waals surface area (Å²) in [6.07, 6.45) is 0. The second kappa shape index (κ2) is 17.2. The Balaban J connectivity index is 0.876. The van der Waals surface area contributed by atoms with E-state index in [0.717, 1.165) is 39.5 Å². The average Bonchev–Trinajstić information content (AvgIpc) is 3.39. The number of para-hydroxylation sites is 4. The van der Waals surface area contributed by atoms with Crippen LogP contribution in [0, 0.1) is 27.7 Å². The SMILES string of the molecule is Cc1cc(-c2cc(-c3cc(C)c(-c4ccc(N5c6ccccc6C(C)(C)c6ccccc65)cc4)c(C)c3)nc(-c3ccccc3)n2)cc(C)c1-c1ccc(N2c3ccccc3C(C)(C)c3ccccc32)cc1. The van der Waals surface area contributed by atoms with E-state index in [9.17, 15) is 0 Å². The number of rotatable bonds is 7. The normalized spacial score (nSPS) is 14.0. The second-order valence-corrected chi connectivity index (χ2v) is 20.9. The highest BCUT2D eigenvalue weighted by Crippen LogP contribution is 2.53. The second-order valence-electron chi connectivity index (χ2n) is 20.9. The Labute approximate surface area is 425 Å². The molecule has 2 aliphatic heterocycles. The Kier molecular flexibility index (Phi) is 10.7. The number of hydrogen-bond donors (Lipinski definition) is 0.